The Morgan fingerprint density at radius 3 is 2.93 bits per heavy atom. The van der Waals surface area contributed by atoms with Crippen LogP contribution in [0, 0.1) is 0 Å². The second-order valence-electron chi connectivity index (χ2n) is 6.31. The zero-order valence-electron chi connectivity index (χ0n) is 14.6. The lowest BCUT2D eigenvalue weighted by molar-refractivity contribution is 0.0956. The molecule has 0 radical (unpaired) electrons. The van der Waals surface area contributed by atoms with E-state index in [1.54, 1.807) is 30.9 Å². The summed E-state index contributed by atoms with van der Waals surface area (Å²) in [5.74, 6) is 0.141. The maximum absolute atomic E-state index is 12.7. The van der Waals surface area contributed by atoms with Crippen molar-refractivity contribution in [2.24, 2.45) is 0 Å². The topological polar surface area (TPSA) is 97.0 Å². The molecule has 2 N–H and O–H groups in total. The average molecular weight is 362 g/mol. The normalized spacial score (nSPS) is 13.1. The van der Waals surface area contributed by atoms with Crippen molar-refractivity contribution < 1.29 is 14.3 Å². The Morgan fingerprint density at radius 2 is 2.07 bits per heavy atom. The van der Waals surface area contributed by atoms with Crippen molar-refractivity contribution >= 4 is 17.4 Å². The first-order chi connectivity index (χ1) is 13.2. The van der Waals surface area contributed by atoms with Crippen LogP contribution in [0.3, 0.4) is 0 Å². The van der Waals surface area contributed by atoms with Gasteiger partial charge in [0.1, 0.15) is 18.0 Å². The van der Waals surface area contributed by atoms with Crippen molar-refractivity contribution in [1.29, 1.82) is 0 Å². The number of anilines is 1. The quantitative estimate of drug-likeness (QED) is 0.727. The molecule has 0 saturated heterocycles. The number of hydrogen-bond donors (Lipinski definition) is 2. The van der Waals surface area contributed by atoms with E-state index in [4.69, 9.17) is 4.74 Å². The van der Waals surface area contributed by atoms with Gasteiger partial charge in [0.05, 0.1) is 17.3 Å². The molecule has 7 nitrogen and oxygen atoms in total. The lowest BCUT2D eigenvalue weighted by Gasteiger charge is -2.13. The van der Waals surface area contributed by atoms with Crippen LogP contribution in [0.1, 0.15) is 44.8 Å². The van der Waals surface area contributed by atoms with Crippen LogP contribution in [0.25, 0.3) is 0 Å². The molecule has 0 saturated carbocycles. The minimum Gasteiger partial charge on any atom is -0.487 e. The van der Waals surface area contributed by atoms with E-state index < -0.39 is 0 Å². The Bertz CT molecular complexity index is 982. The number of carbonyl (C=O) groups is 2. The number of rotatable bonds is 5. The van der Waals surface area contributed by atoms with Crippen LogP contribution in [-0.4, -0.2) is 26.6 Å². The zero-order valence-corrected chi connectivity index (χ0v) is 14.6. The minimum atomic E-state index is -0.359. The Hall–Kier alpha value is -3.48. The van der Waals surface area contributed by atoms with Crippen molar-refractivity contribution in [2.75, 3.05) is 5.32 Å². The van der Waals surface area contributed by atoms with E-state index in [9.17, 15) is 9.59 Å². The number of H-pyrrole nitrogens is 1. The lowest BCUT2D eigenvalue weighted by Crippen LogP contribution is -2.18. The highest BCUT2D eigenvalue weighted by atomic mass is 16.5. The predicted octanol–water partition coefficient (Wildman–Crippen LogP) is 3.16. The number of ether oxygens (including phenoxy) is 1. The SMILES string of the molecule is O=C(Nc1cnccc1OCc1cccnc1)c1c[nH]c2c1C(=O)CCC2. The second-order valence-corrected chi connectivity index (χ2v) is 6.31. The molecule has 3 aromatic heterocycles. The van der Waals surface area contributed by atoms with Crippen molar-refractivity contribution in [2.45, 2.75) is 25.9 Å². The molecule has 4 rings (SSSR count). The van der Waals surface area contributed by atoms with Crippen molar-refractivity contribution in [3.05, 3.63) is 71.6 Å². The molecule has 1 aliphatic carbocycles. The van der Waals surface area contributed by atoms with Crippen molar-refractivity contribution in [3.8, 4) is 5.75 Å². The number of nitrogens with one attached hydrogen (secondary N) is 2. The fourth-order valence-electron chi connectivity index (χ4n) is 3.15. The fourth-order valence-corrected chi connectivity index (χ4v) is 3.15. The Kier molecular flexibility index (Phi) is 4.65. The summed E-state index contributed by atoms with van der Waals surface area (Å²) in [6.07, 6.45) is 10.2. The number of carbonyl (C=O) groups excluding carboxylic acids is 2. The number of pyridine rings is 2. The van der Waals surface area contributed by atoms with Crippen LogP contribution < -0.4 is 10.1 Å². The highest BCUT2D eigenvalue weighted by Crippen LogP contribution is 2.27. The standard InChI is InChI=1S/C20H18N4O3/c25-17-5-1-4-15-19(17)14(10-23-15)20(26)24-16-11-22-8-6-18(16)27-12-13-3-2-7-21-9-13/h2-3,6-11,23H,1,4-5,12H2,(H,24,26). The van der Waals surface area contributed by atoms with Gasteiger partial charge in [-0.25, -0.2) is 0 Å². The van der Waals surface area contributed by atoms with Gasteiger partial charge in [0.25, 0.3) is 5.91 Å². The Morgan fingerprint density at radius 1 is 1.19 bits per heavy atom. The summed E-state index contributed by atoms with van der Waals surface area (Å²) in [5.41, 5.74) is 3.05. The molecule has 0 unspecified atom stereocenters. The fraction of sp³-hybridized carbons (Fsp3) is 0.200. The van der Waals surface area contributed by atoms with Crippen LogP contribution in [0.4, 0.5) is 5.69 Å². The molecule has 0 fully saturated rings. The first-order valence-corrected chi connectivity index (χ1v) is 8.73. The van der Waals surface area contributed by atoms with Gasteiger partial charge in [-0.1, -0.05) is 6.07 Å². The number of aromatic amines is 1. The molecule has 3 aromatic rings. The number of amides is 1. The van der Waals surface area contributed by atoms with Gasteiger partial charge in [-0.3, -0.25) is 19.6 Å². The van der Waals surface area contributed by atoms with E-state index in [-0.39, 0.29) is 11.7 Å². The number of aryl methyl sites for hydroxylation is 1. The number of aromatic nitrogens is 3. The molecule has 1 aliphatic rings. The summed E-state index contributed by atoms with van der Waals surface area (Å²) in [6, 6.07) is 5.42. The summed E-state index contributed by atoms with van der Waals surface area (Å²) in [4.78, 5) is 36.1. The maximum atomic E-state index is 12.7. The third kappa shape index (κ3) is 3.57. The van der Waals surface area contributed by atoms with Gasteiger partial charge in [-0.05, 0) is 18.9 Å². The maximum Gasteiger partial charge on any atom is 0.258 e. The highest BCUT2D eigenvalue weighted by molar-refractivity contribution is 6.13. The van der Waals surface area contributed by atoms with Gasteiger partial charge in [-0.2, -0.15) is 0 Å². The zero-order chi connectivity index (χ0) is 18.6. The van der Waals surface area contributed by atoms with Gasteiger partial charge in [-0.15, -0.1) is 0 Å². The Labute approximate surface area is 155 Å². The van der Waals surface area contributed by atoms with E-state index in [1.165, 1.54) is 6.20 Å². The Balaban J connectivity index is 1.52. The monoisotopic (exact) mass is 362 g/mol. The number of fused-ring (bicyclic) bond motifs is 1. The molecule has 27 heavy (non-hydrogen) atoms. The van der Waals surface area contributed by atoms with Gasteiger partial charge in [0, 0.05) is 48.5 Å². The highest BCUT2D eigenvalue weighted by Gasteiger charge is 2.26. The molecule has 0 bridgehead atoms. The second kappa shape index (κ2) is 7.41. The van der Waals surface area contributed by atoms with E-state index in [0.717, 1.165) is 24.1 Å². The molecule has 0 spiro atoms. The molecule has 7 heteroatoms. The smallest absolute Gasteiger partial charge is 0.258 e. The molecule has 0 aromatic carbocycles. The van der Waals surface area contributed by atoms with E-state index in [0.29, 0.717) is 35.6 Å². The predicted molar refractivity (Wildman–Crippen MR) is 98.8 cm³/mol. The summed E-state index contributed by atoms with van der Waals surface area (Å²) < 4.78 is 5.81. The van der Waals surface area contributed by atoms with Gasteiger partial charge in [0.2, 0.25) is 0 Å². The van der Waals surface area contributed by atoms with Crippen LogP contribution >= 0.6 is 0 Å². The van der Waals surface area contributed by atoms with E-state index >= 15 is 0 Å². The largest absolute Gasteiger partial charge is 0.487 e. The molecule has 136 valence electrons. The van der Waals surface area contributed by atoms with Gasteiger partial charge in [0.15, 0.2) is 5.78 Å². The number of ketones is 1. The summed E-state index contributed by atoms with van der Waals surface area (Å²) >= 11 is 0. The van der Waals surface area contributed by atoms with Crippen molar-refractivity contribution in [1.82, 2.24) is 15.0 Å². The van der Waals surface area contributed by atoms with Crippen LogP contribution in [0.2, 0.25) is 0 Å². The summed E-state index contributed by atoms with van der Waals surface area (Å²) in [5, 5.41) is 2.81. The summed E-state index contributed by atoms with van der Waals surface area (Å²) in [7, 11) is 0. The van der Waals surface area contributed by atoms with E-state index in [1.807, 2.05) is 12.1 Å². The van der Waals surface area contributed by atoms with Crippen molar-refractivity contribution in [3.63, 3.8) is 0 Å². The average Bonchev–Trinajstić information content (AvgIpc) is 3.14. The number of Topliss-reactive ketones (excluding diaryl/α,β-unsaturated/α-hetero) is 1. The molecule has 0 aliphatic heterocycles. The molecule has 0 atom stereocenters. The van der Waals surface area contributed by atoms with Gasteiger partial charge < -0.3 is 15.0 Å². The first kappa shape index (κ1) is 17.0. The van der Waals surface area contributed by atoms with Gasteiger partial charge >= 0.3 is 0 Å². The minimum absolute atomic E-state index is 0.00175. The molecular formula is C20H18N4O3. The van der Waals surface area contributed by atoms with Crippen LogP contribution in [0.5, 0.6) is 5.75 Å². The van der Waals surface area contributed by atoms with Crippen LogP contribution in [-0.2, 0) is 13.0 Å². The first-order valence-electron chi connectivity index (χ1n) is 8.73. The van der Waals surface area contributed by atoms with E-state index in [2.05, 4.69) is 20.3 Å². The third-order valence-corrected chi connectivity index (χ3v) is 4.46. The summed E-state index contributed by atoms with van der Waals surface area (Å²) in [6.45, 7) is 0.318. The molecule has 3 heterocycles. The molecule has 1 amide bonds. The number of nitrogens with zero attached hydrogens (tertiary/aromatic N) is 2. The third-order valence-electron chi connectivity index (χ3n) is 4.46. The molecular weight excluding hydrogens is 344 g/mol. The number of hydrogen-bond acceptors (Lipinski definition) is 5. The lowest BCUT2D eigenvalue weighted by atomic mass is 9.93. The van der Waals surface area contributed by atoms with Crippen LogP contribution in [0.15, 0.2) is 49.2 Å².